The van der Waals surface area contributed by atoms with Crippen LogP contribution in [0.1, 0.15) is 16.7 Å². The Morgan fingerprint density at radius 3 is 2.29 bits per heavy atom. The largest absolute Gasteiger partial charge is 0.360 e. The average Bonchev–Trinajstić information content (AvgIpc) is 2.14. The zero-order valence-corrected chi connectivity index (χ0v) is 9.65. The molecule has 0 fully saturated rings. The van der Waals surface area contributed by atoms with Gasteiger partial charge in [0.25, 0.3) is 0 Å². The molecule has 1 rings (SSSR count). The number of aryl methyl sites for hydroxylation is 3. The highest BCUT2D eigenvalue weighted by atomic mass is 32.1. The summed E-state index contributed by atoms with van der Waals surface area (Å²) in [6.07, 6.45) is 0. The van der Waals surface area contributed by atoms with Crippen LogP contribution in [0.3, 0.4) is 0 Å². The minimum Gasteiger partial charge on any atom is -0.360 e. The second-order valence-electron chi connectivity index (χ2n) is 3.46. The Balaban J connectivity index is 2.92. The monoisotopic (exact) mass is 211 g/mol. The first-order chi connectivity index (χ1) is 6.54. The molecular weight excluding hydrogens is 194 g/mol. The lowest BCUT2D eigenvalue weighted by atomic mass is 10.1. The highest BCUT2D eigenvalue weighted by Gasteiger charge is 2.04. The molecule has 1 atom stereocenters. The molecule has 4 N–H and O–H groups in total. The van der Waals surface area contributed by atoms with Gasteiger partial charge in [-0.15, -0.1) is 12.6 Å². The molecule has 4 heteroatoms. The quantitative estimate of drug-likeness (QED) is 0.266. The Morgan fingerprint density at radius 2 is 1.71 bits per heavy atom. The summed E-state index contributed by atoms with van der Waals surface area (Å²) >= 11 is 4.20. The first kappa shape index (κ1) is 11.4. The predicted molar refractivity (Wildman–Crippen MR) is 64.4 cm³/mol. The van der Waals surface area contributed by atoms with E-state index in [0.717, 1.165) is 5.69 Å². The maximum Gasteiger partial charge on any atom is 0.135 e. The molecule has 0 saturated carbocycles. The number of hydrazine groups is 1. The fourth-order valence-electron chi connectivity index (χ4n) is 1.30. The van der Waals surface area contributed by atoms with E-state index in [1.165, 1.54) is 16.7 Å². The summed E-state index contributed by atoms with van der Waals surface area (Å²) in [5.41, 5.74) is 7.12. The maximum atomic E-state index is 5.25. The van der Waals surface area contributed by atoms with Gasteiger partial charge < -0.3 is 5.32 Å². The van der Waals surface area contributed by atoms with Gasteiger partial charge in [-0.3, -0.25) is 5.84 Å². The fourth-order valence-corrected chi connectivity index (χ4v) is 1.44. The summed E-state index contributed by atoms with van der Waals surface area (Å²) in [5, 5.41) is 3.16. The van der Waals surface area contributed by atoms with Gasteiger partial charge >= 0.3 is 0 Å². The number of hydrogen-bond donors (Lipinski definition) is 4. The molecule has 1 aromatic rings. The van der Waals surface area contributed by atoms with Crippen molar-refractivity contribution in [3.8, 4) is 0 Å². The Hall–Kier alpha value is -0.710. The molecular formula is C10H17N3S. The molecule has 0 saturated heterocycles. The van der Waals surface area contributed by atoms with Crippen LogP contribution in [-0.4, -0.2) is 5.50 Å². The first-order valence-electron chi connectivity index (χ1n) is 4.53. The van der Waals surface area contributed by atoms with Crippen molar-refractivity contribution in [3.63, 3.8) is 0 Å². The van der Waals surface area contributed by atoms with Crippen LogP contribution in [0.2, 0.25) is 0 Å². The lowest BCUT2D eigenvalue weighted by Crippen LogP contribution is -2.36. The molecule has 1 aromatic carbocycles. The molecule has 0 aliphatic heterocycles. The molecule has 78 valence electrons. The molecule has 0 heterocycles. The Morgan fingerprint density at radius 1 is 1.14 bits per heavy atom. The summed E-state index contributed by atoms with van der Waals surface area (Å²) in [7, 11) is 0. The zero-order valence-electron chi connectivity index (χ0n) is 8.76. The standard InChI is InChI=1S/C10H17N3S/c1-6-4-8(3)9(5-7(6)2)12-10(14)13-11/h4-5,10,12-14H,11H2,1-3H3. The molecule has 14 heavy (non-hydrogen) atoms. The summed E-state index contributed by atoms with van der Waals surface area (Å²) in [5.74, 6) is 5.25. The van der Waals surface area contributed by atoms with Crippen molar-refractivity contribution in [2.45, 2.75) is 26.3 Å². The second kappa shape index (κ2) is 4.68. The summed E-state index contributed by atoms with van der Waals surface area (Å²) in [6.45, 7) is 6.25. The number of nitrogens with one attached hydrogen (secondary N) is 2. The van der Waals surface area contributed by atoms with Crippen LogP contribution in [0.25, 0.3) is 0 Å². The molecule has 3 nitrogen and oxygen atoms in total. The molecule has 0 aliphatic carbocycles. The van der Waals surface area contributed by atoms with Crippen molar-refractivity contribution >= 4 is 18.3 Å². The highest BCUT2D eigenvalue weighted by Crippen LogP contribution is 2.20. The van der Waals surface area contributed by atoms with E-state index in [1.54, 1.807) is 0 Å². The van der Waals surface area contributed by atoms with E-state index in [9.17, 15) is 0 Å². The van der Waals surface area contributed by atoms with E-state index >= 15 is 0 Å². The second-order valence-corrected chi connectivity index (χ2v) is 3.98. The highest BCUT2D eigenvalue weighted by molar-refractivity contribution is 7.81. The van der Waals surface area contributed by atoms with E-state index in [4.69, 9.17) is 5.84 Å². The lowest BCUT2D eigenvalue weighted by Gasteiger charge is -2.16. The van der Waals surface area contributed by atoms with Crippen LogP contribution in [-0.2, 0) is 0 Å². The van der Waals surface area contributed by atoms with Gasteiger partial charge in [0.2, 0.25) is 0 Å². The van der Waals surface area contributed by atoms with Gasteiger partial charge in [-0.2, -0.15) is 0 Å². The van der Waals surface area contributed by atoms with E-state index in [0.29, 0.717) is 0 Å². The van der Waals surface area contributed by atoms with Crippen LogP contribution >= 0.6 is 12.6 Å². The van der Waals surface area contributed by atoms with Crippen LogP contribution in [0.15, 0.2) is 12.1 Å². The van der Waals surface area contributed by atoms with Crippen LogP contribution in [0.5, 0.6) is 0 Å². The molecule has 0 bridgehead atoms. The molecule has 0 aromatic heterocycles. The number of thiol groups is 1. The van der Waals surface area contributed by atoms with E-state index in [1.807, 2.05) is 0 Å². The van der Waals surface area contributed by atoms with Crippen molar-refractivity contribution in [1.29, 1.82) is 0 Å². The van der Waals surface area contributed by atoms with Gasteiger partial charge in [0.1, 0.15) is 5.50 Å². The van der Waals surface area contributed by atoms with Crippen molar-refractivity contribution < 1.29 is 0 Å². The van der Waals surface area contributed by atoms with Crippen molar-refractivity contribution in [2.24, 2.45) is 5.84 Å². The van der Waals surface area contributed by atoms with Gasteiger partial charge in [-0.05, 0) is 43.5 Å². The number of nitrogens with two attached hydrogens (primary N) is 1. The molecule has 1 unspecified atom stereocenters. The van der Waals surface area contributed by atoms with Crippen molar-refractivity contribution in [1.82, 2.24) is 5.43 Å². The third kappa shape index (κ3) is 2.64. The number of anilines is 1. The maximum absolute atomic E-state index is 5.25. The minimum absolute atomic E-state index is 0.226. The smallest absolute Gasteiger partial charge is 0.135 e. The van der Waals surface area contributed by atoms with Gasteiger partial charge in [0, 0.05) is 5.69 Å². The van der Waals surface area contributed by atoms with Gasteiger partial charge in [0.05, 0.1) is 0 Å². The zero-order chi connectivity index (χ0) is 10.7. The van der Waals surface area contributed by atoms with Crippen LogP contribution < -0.4 is 16.6 Å². The number of rotatable bonds is 3. The summed E-state index contributed by atoms with van der Waals surface area (Å²) in [6, 6.07) is 4.25. The third-order valence-electron chi connectivity index (χ3n) is 2.29. The number of hydrogen-bond acceptors (Lipinski definition) is 4. The van der Waals surface area contributed by atoms with Crippen LogP contribution in [0, 0.1) is 20.8 Å². The van der Waals surface area contributed by atoms with Crippen LogP contribution in [0.4, 0.5) is 5.69 Å². The van der Waals surface area contributed by atoms with Crippen molar-refractivity contribution in [3.05, 3.63) is 28.8 Å². The molecule has 0 aliphatic rings. The summed E-state index contributed by atoms with van der Waals surface area (Å²) in [4.78, 5) is 0. The van der Waals surface area contributed by atoms with Gasteiger partial charge in [0.15, 0.2) is 0 Å². The average molecular weight is 211 g/mol. The minimum atomic E-state index is -0.226. The predicted octanol–water partition coefficient (Wildman–Crippen LogP) is 1.70. The molecule has 0 radical (unpaired) electrons. The SMILES string of the molecule is Cc1cc(C)c(NC(S)NN)cc1C. The third-order valence-corrected chi connectivity index (χ3v) is 2.57. The Kier molecular flexibility index (Phi) is 3.80. The van der Waals surface area contributed by atoms with Gasteiger partial charge in [-0.25, -0.2) is 5.43 Å². The molecule has 0 amide bonds. The Labute approximate surface area is 90.5 Å². The summed E-state index contributed by atoms with van der Waals surface area (Å²) < 4.78 is 0. The van der Waals surface area contributed by atoms with E-state index in [2.05, 4.69) is 56.3 Å². The topological polar surface area (TPSA) is 50.1 Å². The van der Waals surface area contributed by atoms with E-state index in [-0.39, 0.29) is 5.50 Å². The van der Waals surface area contributed by atoms with Gasteiger partial charge in [-0.1, -0.05) is 6.07 Å². The number of benzene rings is 1. The molecule has 0 spiro atoms. The van der Waals surface area contributed by atoms with Crippen molar-refractivity contribution in [2.75, 3.05) is 5.32 Å². The Bertz CT molecular complexity index is 325. The normalized spacial score (nSPS) is 12.6. The van der Waals surface area contributed by atoms with E-state index < -0.39 is 0 Å². The fraction of sp³-hybridized carbons (Fsp3) is 0.400. The lowest BCUT2D eigenvalue weighted by molar-refractivity contribution is 0.748. The first-order valence-corrected chi connectivity index (χ1v) is 5.05.